The quantitative estimate of drug-likeness (QED) is 0.596. The molecule has 2 fully saturated rings. The van der Waals surface area contributed by atoms with Gasteiger partial charge in [0.15, 0.2) is 17.9 Å². The molecule has 0 aromatic carbocycles. The molecule has 0 aliphatic carbocycles. The normalized spacial score (nSPS) is 30.8. The average molecular weight is 408 g/mol. The van der Waals surface area contributed by atoms with Gasteiger partial charge in [-0.2, -0.15) is 5.10 Å². The lowest BCUT2D eigenvalue weighted by Gasteiger charge is -2.28. The van der Waals surface area contributed by atoms with Crippen molar-refractivity contribution in [3.8, 4) is 0 Å². The Balaban J connectivity index is 1.56. The van der Waals surface area contributed by atoms with Crippen LogP contribution in [0.2, 0.25) is 0 Å². The largest absolute Gasteiger partial charge is 0.382 e. The van der Waals surface area contributed by atoms with Gasteiger partial charge in [-0.3, -0.25) is 0 Å². The van der Waals surface area contributed by atoms with Crippen LogP contribution in [0.15, 0.2) is 18.5 Å². The van der Waals surface area contributed by atoms with Gasteiger partial charge in [0.2, 0.25) is 5.79 Å². The number of ether oxygens (including phenoxy) is 4. The summed E-state index contributed by atoms with van der Waals surface area (Å²) in [5.41, 5.74) is 6.86. The number of fused-ring (bicyclic) bond motifs is 1. The molecule has 2 unspecified atom stereocenters. The maximum Gasteiger partial charge on any atom is 0.212 e. The third kappa shape index (κ3) is 4.37. The van der Waals surface area contributed by atoms with Crippen LogP contribution in [-0.4, -0.2) is 62.3 Å². The van der Waals surface area contributed by atoms with E-state index in [4.69, 9.17) is 24.7 Å². The van der Waals surface area contributed by atoms with Crippen LogP contribution in [0.3, 0.4) is 0 Å². The van der Waals surface area contributed by atoms with Gasteiger partial charge in [0.25, 0.3) is 0 Å². The molecule has 2 saturated heterocycles. The van der Waals surface area contributed by atoms with Crippen LogP contribution in [-0.2, 0) is 24.7 Å². The van der Waals surface area contributed by atoms with Crippen LogP contribution in [0, 0.1) is 0 Å². The van der Waals surface area contributed by atoms with Gasteiger partial charge in [0.1, 0.15) is 23.6 Å². The van der Waals surface area contributed by atoms with Crippen LogP contribution < -0.4 is 5.73 Å². The zero-order valence-electron chi connectivity index (χ0n) is 16.7. The number of nitrogen functional groups attached to an aromatic ring is 1. The Labute approximate surface area is 168 Å². The van der Waals surface area contributed by atoms with E-state index in [1.165, 1.54) is 24.7 Å². The van der Waals surface area contributed by atoms with Crippen LogP contribution in [0.5, 0.6) is 0 Å². The number of nitrogens with zero attached hydrogens (tertiary/aromatic N) is 3. The molecule has 0 radical (unpaired) electrons. The summed E-state index contributed by atoms with van der Waals surface area (Å²) in [4.78, 5) is 3.96. The molecule has 0 bridgehead atoms. The summed E-state index contributed by atoms with van der Waals surface area (Å²) in [6.45, 7) is 3.90. The van der Waals surface area contributed by atoms with Gasteiger partial charge in [-0.15, -0.1) is 0 Å². The number of nitrogens with two attached hydrogens (primary N) is 1. The molecule has 4 heterocycles. The lowest BCUT2D eigenvalue weighted by Crippen LogP contribution is -2.38. The Morgan fingerprint density at radius 1 is 1.38 bits per heavy atom. The number of hydrogen-bond donors (Lipinski definition) is 3. The topological polar surface area (TPSA) is 134 Å². The molecule has 10 nitrogen and oxygen atoms in total. The van der Waals surface area contributed by atoms with E-state index in [9.17, 15) is 10.2 Å². The zero-order chi connectivity index (χ0) is 20.6. The van der Waals surface area contributed by atoms with Gasteiger partial charge in [-0.05, 0) is 45.2 Å². The van der Waals surface area contributed by atoms with Crippen molar-refractivity contribution in [3.63, 3.8) is 0 Å². The van der Waals surface area contributed by atoms with Crippen molar-refractivity contribution in [1.29, 1.82) is 0 Å². The number of rotatable bonds is 6. The van der Waals surface area contributed by atoms with Gasteiger partial charge in [0, 0.05) is 13.0 Å². The van der Waals surface area contributed by atoms with Crippen molar-refractivity contribution < 1.29 is 29.2 Å². The highest BCUT2D eigenvalue weighted by Crippen LogP contribution is 2.40. The molecule has 2 aliphatic rings. The Hall–Kier alpha value is -1.82. The number of aliphatic hydroxyl groups is 2. The molecule has 0 saturated carbocycles. The van der Waals surface area contributed by atoms with Crippen LogP contribution in [0.1, 0.15) is 45.2 Å². The first-order valence-corrected chi connectivity index (χ1v) is 9.87. The third-order valence-electron chi connectivity index (χ3n) is 5.14. The van der Waals surface area contributed by atoms with Crippen molar-refractivity contribution in [2.24, 2.45) is 0 Å². The second-order valence-electron chi connectivity index (χ2n) is 8.04. The molecule has 160 valence electrons. The van der Waals surface area contributed by atoms with Crippen LogP contribution in [0.25, 0.3) is 5.52 Å². The van der Waals surface area contributed by atoms with E-state index < -0.39 is 23.8 Å². The van der Waals surface area contributed by atoms with Gasteiger partial charge in [-0.25, -0.2) is 9.50 Å². The SMILES string of the molecule is CC(C)(O)O[C@H]1CC(O)(c2ccc3c(N)ncnn23)O[C@@H]1COC1CCCCO1. The molecule has 10 heteroatoms. The predicted octanol–water partition coefficient (Wildman–Crippen LogP) is 0.902. The molecular weight excluding hydrogens is 380 g/mol. The number of anilines is 1. The summed E-state index contributed by atoms with van der Waals surface area (Å²) < 4.78 is 24.7. The van der Waals surface area contributed by atoms with E-state index in [2.05, 4.69) is 10.1 Å². The Bertz CT molecular complexity index is 847. The molecule has 0 spiro atoms. The maximum atomic E-state index is 11.3. The first-order valence-electron chi connectivity index (χ1n) is 9.87. The van der Waals surface area contributed by atoms with Crippen LogP contribution >= 0.6 is 0 Å². The number of hydrogen-bond acceptors (Lipinski definition) is 9. The first kappa shape index (κ1) is 20.5. The Kier molecular flexibility index (Phi) is 5.49. The predicted molar refractivity (Wildman–Crippen MR) is 102 cm³/mol. The highest BCUT2D eigenvalue weighted by atomic mass is 16.7. The van der Waals surface area contributed by atoms with Gasteiger partial charge < -0.3 is 34.9 Å². The molecular formula is C19H28N4O6. The summed E-state index contributed by atoms with van der Waals surface area (Å²) in [5.74, 6) is -2.79. The zero-order valence-corrected chi connectivity index (χ0v) is 16.7. The van der Waals surface area contributed by atoms with Gasteiger partial charge in [0.05, 0.1) is 12.7 Å². The summed E-state index contributed by atoms with van der Waals surface area (Å²) >= 11 is 0. The Morgan fingerprint density at radius 2 is 2.21 bits per heavy atom. The first-order chi connectivity index (χ1) is 13.8. The fraction of sp³-hybridized carbons (Fsp3) is 0.684. The van der Waals surface area contributed by atoms with Crippen molar-refractivity contribution in [3.05, 3.63) is 24.2 Å². The molecule has 29 heavy (non-hydrogen) atoms. The van der Waals surface area contributed by atoms with E-state index >= 15 is 0 Å². The Morgan fingerprint density at radius 3 is 2.93 bits per heavy atom. The molecule has 2 aromatic rings. The summed E-state index contributed by atoms with van der Waals surface area (Å²) in [5, 5.41) is 25.7. The minimum atomic E-state index is -1.69. The second-order valence-corrected chi connectivity index (χ2v) is 8.04. The lowest BCUT2D eigenvalue weighted by atomic mass is 10.1. The second kappa shape index (κ2) is 7.78. The third-order valence-corrected chi connectivity index (χ3v) is 5.14. The van der Waals surface area contributed by atoms with Gasteiger partial charge >= 0.3 is 0 Å². The van der Waals surface area contributed by atoms with Crippen molar-refractivity contribution in [2.75, 3.05) is 18.9 Å². The van der Waals surface area contributed by atoms with E-state index in [1.54, 1.807) is 12.1 Å². The van der Waals surface area contributed by atoms with E-state index in [-0.39, 0.29) is 19.3 Å². The average Bonchev–Trinajstić information content (AvgIpc) is 3.23. The summed E-state index contributed by atoms with van der Waals surface area (Å²) in [6, 6.07) is 3.41. The highest BCUT2D eigenvalue weighted by Gasteiger charge is 2.50. The van der Waals surface area contributed by atoms with Crippen molar-refractivity contribution >= 4 is 11.3 Å². The van der Waals surface area contributed by atoms with E-state index in [1.807, 2.05) is 0 Å². The molecule has 4 N–H and O–H groups in total. The minimum absolute atomic E-state index is 0.0898. The standard InChI is InChI=1S/C19H28N4O6/c1-18(2,24)28-13-9-19(25,15-7-6-12-17(20)21-11-22-23(12)15)29-14(13)10-27-16-5-3-4-8-26-16/h6-7,11,13-14,16,24-25H,3-5,8-10H2,1-2H3,(H2,20,21,22)/t13-,14+,16?,19?/m0/s1. The smallest absolute Gasteiger partial charge is 0.212 e. The van der Waals surface area contributed by atoms with Crippen LogP contribution in [0.4, 0.5) is 5.82 Å². The fourth-order valence-corrected chi connectivity index (χ4v) is 3.87. The molecule has 0 amide bonds. The molecule has 2 aliphatic heterocycles. The fourth-order valence-electron chi connectivity index (χ4n) is 3.87. The number of aromatic nitrogens is 3. The monoisotopic (exact) mass is 408 g/mol. The lowest BCUT2D eigenvalue weighted by molar-refractivity contribution is -0.244. The molecule has 4 rings (SSSR count). The van der Waals surface area contributed by atoms with Crippen molar-refractivity contribution in [2.45, 2.75) is 69.6 Å². The maximum absolute atomic E-state index is 11.3. The van der Waals surface area contributed by atoms with E-state index in [0.29, 0.717) is 23.6 Å². The highest BCUT2D eigenvalue weighted by molar-refractivity contribution is 5.65. The molecule has 2 aromatic heterocycles. The van der Waals surface area contributed by atoms with Crippen molar-refractivity contribution in [1.82, 2.24) is 14.6 Å². The van der Waals surface area contributed by atoms with E-state index in [0.717, 1.165) is 19.3 Å². The summed E-state index contributed by atoms with van der Waals surface area (Å²) in [7, 11) is 0. The minimum Gasteiger partial charge on any atom is -0.382 e. The van der Waals surface area contributed by atoms with Gasteiger partial charge in [-0.1, -0.05) is 0 Å². The molecule has 4 atom stereocenters. The summed E-state index contributed by atoms with van der Waals surface area (Å²) in [6.07, 6.45) is 2.77.